The fourth-order valence-corrected chi connectivity index (χ4v) is 5.62. The number of hydrogen-bond donors (Lipinski definition) is 1. The van der Waals surface area contributed by atoms with Crippen molar-refractivity contribution in [2.24, 2.45) is 5.73 Å². The summed E-state index contributed by atoms with van der Waals surface area (Å²) < 4.78 is 15.6. The van der Waals surface area contributed by atoms with Crippen LogP contribution in [-0.4, -0.2) is 32.4 Å². The van der Waals surface area contributed by atoms with E-state index < -0.39 is 17.3 Å². The van der Waals surface area contributed by atoms with E-state index in [-0.39, 0.29) is 27.8 Å². The van der Waals surface area contributed by atoms with Crippen molar-refractivity contribution in [3.05, 3.63) is 58.6 Å². The smallest absolute Gasteiger partial charge is 0.259 e. The average molecular weight is 493 g/mol. The molecule has 2 N–H and O–H groups in total. The summed E-state index contributed by atoms with van der Waals surface area (Å²) in [6.07, 6.45) is 4.83. The van der Waals surface area contributed by atoms with Crippen molar-refractivity contribution < 1.29 is 14.0 Å². The van der Waals surface area contributed by atoms with Crippen molar-refractivity contribution in [3.8, 4) is 16.6 Å². The molecule has 1 aliphatic carbocycles. The van der Waals surface area contributed by atoms with Gasteiger partial charge in [0.15, 0.2) is 5.11 Å². The molecule has 2 aliphatic rings. The molecule has 11 heteroatoms. The van der Waals surface area contributed by atoms with Crippen LogP contribution in [0.4, 0.5) is 15.8 Å². The Morgan fingerprint density at radius 1 is 1.35 bits per heavy atom. The summed E-state index contributed by atoms with van der Waals surface area (Å²) in [5, 5.41) is 11.4. The Morgan fingerprint density at radius 2 is 2.12 bits per heavy atom. The van der Waals surface area contributed by atoms with Gasteiger partial charge in [-0.15, -0.1) is 11.3 Å². The molecule has 0 atom stereocenters. The molecule has 2 aromatic heterocycles. The highest BCUT2D eigenvalue weighted by atomic mass is 32.1. The third-order valence-electron chi connectivity index (χ3n) is 6.29. The maximum Gasteiger partial charge on any atom is 0.259 e. The fraction of sp³-hybridized carbons (Fsp3) is 0.217. The Kier molecular flexibility index (Phi) is 5.15. The van der Waals surface area contributed by atoms with E-state index >= 15 is 4.39 Å². The Morgan fingerprint density at radius 3 is 2.68 bits per heavy atom. The number of carbonyl (C=O) groups excluding carboxylic acids is 2. The van der Waals surface area contributed by atoms with Crippen LogP contribution >= 0.6 is 23.6 Å². The highest BCUT2D eigenvalue weighted by Crippen LogP contribution is 2.50. The zero-order valence-corrected chi connectivity index (χ0v) is 19.5. The first-order valence-electron chi connectivity index (χ1n) is 10.4. The maximum absolute atomic E-state index is 15.6. The van der Waals surface area contributed by atoms with Gasteiger partial charge in [0.2, 0.25) is 0 Å². The van der Waals surface area contributed by atoms with Crippen LogP contribution in [0.2, 0.25) is 0 Å². The number of anilines is 2. The molecule has 1 spiro atoms. The Hall–Kier alpha value is -3.75. The first-order chi connectivity index (χ1) is 16.3. The zero-order valence-electron chi connectivity index (χ0n) is 17.9. The van der Waals surface area contributed by atoms with Crippen LogP contribution in [0.5, 0.6) is 0 Å². The molecule has 5 rings (SSSR count). The van der Waals surface area contributed by atoms with Crippen LogP contribution in [0.15, 0.2) is 36.0 Å². The molecule has 8 nitrogen and oxygen atoms in total. The van der Waals surface area contributed by atoms with Crippen LogP contribution in [0.25, 0.3) is 10.6 Å². The lowest BCUT2D eigenvalue weighted by atomic mass is 9.75. The monoisotopic (exact) mass is 492 g/mol. The van der Waals surface area contributed by atoms with E-state index in [9.17, 15) is 14.9 Å². The molecule has 3 heterocycles. The highest BCUT2D eigenvalue weighted by Gasteiger charge is 2.60. The zero-order chi connectivity index (χ0) is 24.2. The van der Waals surface area contributed by atoms with Crippen molar-refractivity contribution in [2.45, 2.75) is 31.7 Å². The lowest BCUT2D eigenvalue weighted by molar-refractivity contribution is -0.123. The van der Waals surface area contributed by atoms with Crippen LogP contribution in [0, 0.1) is 24.1 Å². The number of thiocarbonyl (C=S) groups is 1. The molecule has 1 saturated heterocycles. The molecule has 1 aliphatic heterocycles. The summed E-state index contributed by atoms with van der Waals surface area (Å²) in [6.45, 7) is 1.73. The predicted octanol–water partition coefficient (Wildman–Crippen LogP) is 3.68. The van der Waals surface area contributed by atoms with E-state index in [1.807, 2.05) is 6.07 Å². The predicted molar refractivity (Wildman–Crippen MR) is 129 cm³/mol. The number of aryl methyl sites for hydroxylation is 1. The Bertz CT molecular complexity index is 1410. The van der Waals surface area contributed by atoms with E-state index in [0.29, 0.717) is 34.8 Å². The van der Waals surface area contributed by atoms with Gasteiger partial charge in [-0.3, -0.25) is 14.5 Å². The van der Waals surface area contributed by atoms with Crippen molar-refractivity contribution in [1.82, 2.24) is 9.97 Å². The molecule has 170 valence electrons. The molecule has 1 saturated carbocycles. The fourth-order valence-electron chi connectivity index (χ4n) is 4.48. The summed E-state index contributed by atoms with van der Waals surface area (Å²) in [5.74, 6) is -1.95. The van der Waals surface area contributed by atoms with Gasteiger partial charge in [0, 0.05) is 11.6 Å². The summed E-state index contributed by atoms with van der Waals surface area (Å²) >= 11 is 6.98. The number of thiazole rings is 1. The summed E-state index contributed by atoms with van der Waals surface area (Å²) in [6, 6.07) is 6.56. The molecule has 0 bridgehead atoms. The van der Waals surface area contributed by atoms with Gasteiger partial charge in [-0.05, 0) is 62.2 Å². The summed E-state index contributed by atoms with van der Waals surface area (Å²) in [5.41, 5.74) is 5.86. The topological polar surface area (TPSA) is 116 Å². The number of primary amides is 1. The van der Waals surface area contributed by atoms with Gasteiger partial charge in [0.1, 0.15) is 28.1 Å². The van der Waals surface area contributed by atoms with Crippen molar-refractivity contribution in [3.63, 3.8) is 0 Å². The first kappa shape index (κ1) is 22.1. The van der Waals surface area contributed by atoms with Gasteiger partial charge in [-0.1, -0.05) is 0 Å². The van der Waals surface area contributed by atoms with Crippen LogP contribution in [-0.2, 0) is 4.79 Å². The lowest BCUT2D eigenvalue weighted by Crippen LogP contribution is -2.55. The van der Waals surface area contributed by atoms with E-state index in [0.717, 1.165) is 6.42 Å². The van der Waals surface area contributed by atoms with Gasteiger partial charge in [0.25, 0.3) is 11.8 Å². The van der Waals surface area contributed by atoms with E-state index in [1.165, 1.54) is 34.7 Å². The maximum atomic E-state index is 15.6. The molecule has 2 fully saturated rings. The number of benzene rings is 1. The normalized spacial score (nSPS) is 16.6. The van der Waals surface area contributed by atoms with Gasteiger partial charge >= 0.3 is 0 Å². The second kappa shape index (κ2) is 7.93. The van der Waals surface area contributed by atoms with E-state index in [2.05, 4.69) is 9.97 Å². The molecule has 3 aromatic rings. The number of carbonyl (C=O) groups is 2. The number of halogens is 1. The van der Waals surface area contributed by atoms with E-state index in [4.69, 9.17) is 18.0 Å². The number of aromatic nitrogens is 2. The van der Waals surface area contributed by atoms with E-state index in [1.54, 1.807) is 29.3 Å². The third-order valence-corrected chi connectivity index (χ3v) is 7.45. The minimum atomic E-state index is -0.981. The van der Waals surface area contributed by atoms with Crippen molar-refractivity contribution in [2.75, 3.05) is 9.80 Å². The molecule has 0 radical (unpaired) electrons. The van der Waals surface area contributed by atoms with Crippen LogP contribution in [0.1, 0.15) is 40.9 Å². The molecular formula is C23H17FN6O2S2. The SMILES string of the molecule is Cc1cc(N2C(=O)C3(CCC3)N(c3ccc(C(N)=O)c(F)c3-c3nccs3)C2=S)cnc1C#N. The molecule has 1 aromatic carbocycles. The second-order valence-electron chi connectivity index (χ2n) is 8.14. The second-order valence-corrected chi connectivity index (χ2v) is 9.40. The van der Waals surface area contributed by atoms with Gasteiger partial charge < -0.3 is 10.6 Å². The lowest BCUT2D eigenvalue weighted by Gasteiger charge is -2.43. The van der Waals surface area contributed by atoms with Crippen LogP contribution in [0.3, 0.4) is 0 Å². The summed E-state index contributed by atoms with van der Waals surface area (Å²) in [4.78, 5) is 37.0. The Labute approximate surface area is 203 Å². The number of hydrogen-bond acceptors (Lipinski definition) is 7. The number of nitriles is 1. The largest absolute Gasteiger partial charge is 0.366 e. The molecule has 34 heavy (non-hydrogen) atoms. The number of amides is 2. The molecule has 2 amide bonds. The highest BCUT2D eigenvalue weighted by molar-refractivity contribution is 7.81. The number of rotatable bonds is 4. The molecule has 0 unspecified atom stereocenters. The first-order valence-corrected chi connectivity index (χ1v) is 11.7. The Balaban J connectivity index is 1.70. The number of nitrogens with zero attached hydrogens (tertiary/aromatic N) is 5. The summed E-state index contributed by atoms with van der Waals surface area (Å²) in [7, 11) is 0. The minimum Gasteiger partial charge on any atom is -0.366 e. The van der Waals surface area contributed by atoms with Crippen LogP contribution < -0.4 is 15.5 Å². The van der Waals surface area contributed by atoms with Crippen molar-refractivity contribution in [1.29, 1.82) is 5.26 Å². The van der Waals surface area contributed by atoms with Gasteiger partial charge in [0.05, 0.1) is 28.7 Å². The van der Waals surface area contributed by atoms with Crippen molar-refractivity contribution >= 4 is 51.9 Å². The average Bonchev–Trinajstić information content (AvgIpc) is 3.37. The van der Waals surface area contributed by atoms with Gasteiger partial charge in [-0.25, -0.2) is 14.4 Å². The van der Waals surface area contributed by atoms with Gasteiger partial charge in [-0.2, -0.15) is 5.26 Å². The quantitative estimate of drug-likeness (QED) is 0.552. The number of nitrogens with two attached hydrogens (primary N) is 1. The minimum absolute atomic E-state index is 0.0729. The molecular weight excluding hydrogens is 475 g/mol. The standard InChI is InChI=1S/C23H17FN6O2S2/c1-12-9-13(11-28-15(12)10-25)29-21(32)23(5-2-6-23)30(22(29)33)16-4-3-14(19(26)31)18(24)17(16)20-27-7-8-34-20/h3-4,7-9,11H,2,5-6H2,1H3,(H2,26,31). The third kappa shape index (κ3) is 3.03. The number of pyridine rings is 1.